The fraction of sp³-hybridized carbons (Fsp3) is 0.382. The van der Waals surface area contributed by atoms with E-state index < -0.39 is 86.2 Å². The predicted octanol–water partition coefficient (Wildman–Crippen LogP) is 1.59. The van der Waals surface area contributed by atoms with Crippen LogP contribution in [0, 0.1) is 0 Å². The zero-order chi connectivity index (χ0) is 39.4. The van der Waals surface area contributed by atoms with Crippen LogP contribution in [0.3, 0.4) is 0 Å². The number of nitrogens with zero attached hydrogens (tertiary/aromatic N) is 5. The third-order valence-corrected chi connectivity index (χ3v) is 10.3. The van der Waals surface area contributed by atoms with Gasteiger partial charge in [0.05, 0.1) is 35.6 Å². The monoisotopic (exact) mass is 780 g/mol. The summed E-state index contributed by atoms with van der Waals surface area (Å²) in [5, 5.41) is 3.11. The zero-order valence-corrected chi connectivity index (χ0v) is 30.5. The van der Waals surface area contributed by atoms with Gasteiger partial charge in [0.15, 0.2) is 18.4 Å². The third kappa shape index (κ3) is 6.94. The average Bonchev–Trinajstić information content (AvgIpc) is 3.64. The highest BCUT2D eigenvalue weighted by Gasteiger charge is 2.55. The summed E-state index contributed by atoms with van der Waals surface area (Å²) in [6.45, 7) is 3.63. The summed E-state index contributed by atoms with van der Waals surface area (Å²) in [7, 11) is -5.34. The highest BCUT2D eigenvalue weighted by atomic mass is 31.2. The summed E-state index contributed by atoms with van der Waals surface area (Å²) in [6.07, 6.45) is -5.48. The van der Waals surface area contributed by atoms with Gasteiger partial charge in [0.2, 0.25) is 17.5 Å². The maximum absolute atomic E-state index is 13.9. The van der Waals surface area contributed by atoms with Crippen LogP contribution < -0.4 is 16.6 Å². The molecule has 0 saturated carbocycles. The molecule has 6 unspecified atom stereocenters. The van der Waals surface area contributed by atoms with E-state index in [9.17, 15) is 38.2 Å². The van der Waals surface area contributed by atoms with Crippen LogP contribution in [0.15, 0.2) is 52.3 Å². The Morgan fingerprint density at radius 3 is 2.47 bits per heavy atom. The van der Waals surface area contributed by atoms with Gasteiger partial charge >= 0.3 is 31.4 Å². The van der Waals surface area contributed by atoms with Crippen LogP contribution in [0.2, 0.25) is 0 Å². The minimum atomic E-state index is -5.34. The van der Waals surface area contributed by atoms with Crippen LogP contribution in [-0.2, 0) is 70.5 Å². The molecule has 6 atom stereocenters. The number of cyclic esters (lactones) is 1. The van der Waals surface area contributed by atoms with Crippen molar-refractivity contribution in [1.29, 1.82) is 0 Å². The van der Waals surface area contributed by atoms with Gasteiger partial charge in [-0.2, -0.15) is 4.98 Å². The van der Waals surface area contributed by atoms with E-state index in [1.54, 1.807) is 0 Å². The van der Waals surface area contributed by atoms with Crippen LogP contribution >= 0.6 is 7.82 Å². The number of carbonyl (C=O) groups excluding carboxylic acids is 4. The van der Waals surface area contributed by atoms with Crippen molar-refractivity contribution in [2.75, 3.05) is 11.9 Å². The maximum Gasteiger partial charge on any atom is 0.473 e. The Hall–Kier alpha value is -5.66. The number of phosphoric acid groups is 1. The van der Waals surface area contributed by atoms with Crippen molar-refractivity contribution < 1.29 is 56.6 Å². The number of esters is 3. The lowest BCUT2D eigenvalue weighted by Gasteiger charge is -2.36. The molecule has 4 aromatic rings. The van der Waals surface area contributed by atoms with Gasteiger partial charge in [0, 0.05) is 37.3 Å². The molecule has 3 aliphatic rings. The summed E-state index contributed by atoms with van der Waals surface area (Å²) in [4.78, 5) is 99.6. The number of nitrogens with one attached hydrogen (secondary N) is 1. The van der Waals surface area contributed by atoms with Crippen LogP contribution in [0.25, 0.3) is 22.3 Å². The lowest BCUT2D eigenvalue weighted by Crippen LogP contribution is -2.46. The van der Waals surface area contributed by atoms with E-state index >= 15 is 0 Å². The van der Waals surface area contributed by atoms with E-state index in [0.29, 0.717) is 16.9 Å². The molecular weight excluding hydrogens is 747 g/mol. The fourth-order valence-corrected chi connectivity index (χ4v) is 7.99. The number of hydrogen-bond acceptors (Lipinski definition) is 16. The number of para-hydroxylation sites is 1. The Kier molecular flexibility index (Phi) is 9.72. The molecule has 3 aromatic heterocycles. The van der Waals surface area contributed by atoms with Crippen molar-refractivity contribution in [3.05, 3.63) is 80.3 Å². The molecule has 0 spiro atoms. The highest BCUT2D eigenvalue weighted by molar-refractivity contribution is 7.47. The molecule has 3 aliphatic heterocycles. The van der Waals surface area contributed by atoms with E-state index in [0.717, 1.165) is 35.7 Å². The van der Waals surface area contributed by atoms with Gasteiger partial charge < -0.3 is 28.4 Å². The molecule has 0 aliphatic carbocycles. The number of hydrogen-bond donors (Lipinski definition) is 2. The molecule has 1 saturated heterocycles. The summed E-state index contributed by atoms with van der Waals surface area (Å²) in [6, 6.07) is 10.8. The van der Waals surface area contributed by atoms with Crippen LogP contribution in [0.5, 0.6) is 0 Å². The first-order chi connectivity index (χ1) is 26.1. The van der Waals surface area contributed by atoms with Gasteiger partial charge in [-0.1, -0.05) is 25.1 Å². The first-order valence-corrected chi connectivity index (χ1v) is 18.3. The third-order valence-electron chi connectivity index (χ3n) is 9.24. The second kappa shape index (κ2) is 14.2. The molecule has 1 aromatic carbocycles. The van der Waals surface area contributed by atoms with E-state index in [-0.39, 0.29) is 30.0 Å². The molecule has 6 heterocycles. The van der Waals surface area contributed by atoms with Gasteiger partial charge in [-0.25, -0.2) is 24.1 Å². The molecule has 7 rings (SSSR count). The number of benzene rings is 1. The summed E-state index contributed by atoms with van der Waals surface area (Å²) in [5.41, 5.74) is -1.52. The van der Waals surface area contributed by atoms with Crippen LogP contribution in [0.4, 0.5) is 5.95 Å². The van der Waals surface area contributed by atoms with Gasteiger partial charge in [-0.05, 0) is 24.6 Å². The molecule has 288 valence electrons. The molecule has 20 nitrogen and oxygen atoms in total. The summed E-state index contributed by atoms with van der Waals surface area (Å²) >= 11 is 0. The predicted molar refractivity (Wildman–Crippen MR) is 185 cm³/mol. The number of aromatic nitrogens is 5. The number of rotatable bonds is 10. The van der Waals surface area contributed by atoms with Gasteiger partial charge in [0.1, 0.15) is 19.0 Å². The highest BCUT2D eigenvalue weighted by Crippen LogP contribution is 2.54. The van der Waals surface area contributed by atoms with E-state index in [2.05, 4.69) is 15.3 Å². The Labute approximate surface area is 309 Å². The van der Waals surface area contributed by atoms with Crippen molar-refractivity contribution in [3.8, 4) is 11.4 Å². The number of ether oxygens (including phenoxy) is 4. The van der Waals surface area contributed by atoms with E-state index in [1.807, 2.05) is 30.3 Å². The Morgan fingerprint density at radius 1 is 1.05 bits per heavy atom. The number of fused-ring (bicyclic) bond motifs is 5. The van der Waals surface area contributed by atoms with Crippen LogP contribution in [0.1, 0.15) is 57.0 Å². The lowest BCUT2D eigenvalue weighted by atomic mass is 9.86. The molecule has 1 amide bonds. The van der Waals surface area contributed by atoms with Gasteiger partial charge in [-0.15, -0.1) is 0 Å². The number of pyridine rings is 2. The SMILES string of the molecule is CCC1(OP(=O)(O)OCC2OC(n3cnc(NC(C)=O)nc3=O)C(OC(C)=O)C2OC(C)=O)C(=O)OCc2c1cc1n(c2=O)Cc2cc3ccccc3nc2-1. The van der Waals surface area contributed by atoms with Crippen molar-refractivity contribution in [3.63, 3.8) is 0 Å². The minimum Gasteiger partial charge on any atom is -0.458 e. The van der Waals surface area contributed by atoms with Crippen molar-refractivity contribution >= 4 is 48.5 Å². The fourth-order valence-electron chi connectivity index (χ4n) is 6.91. The Bertz CT molecular complexity index is 2450. The van der Waals surface area contributed by atoms with E-state index in [4.69, 9.17) is 33.0 Å². The molecule has 55 heavy (non-hydrogen) atoms. The normalized spacial score (nSPS) is 23.5. The molecule has 1 fully saturated rings. The first-order valence-electron chi connectivity index (χ1n) is 16.8. The van der Waals surface area contributed by atoms with Crippen molar-refractivity contribution in [2.24, 2.45) is 0 Å². The summed E-state index contributed by atoms with van der Waals surface area (Å²) in [5.74, 6) is -3.69. The van der Waals surface area contributed by atoms with E-state index in [1.165, 1.54) is 24.5 Å². The smallest absolute Gasteiger partial charge is 0.458 e. The molecule has 0 radical (unpaired) electrons. The topological polar surface area (TPSA) is 256 Å². The van der Waals surface area contributed by atoms with Crippen molar-refractivity contribution in [2.45, 2.75) is 77.4 Å². The molecule has 2 N–H and O–H groups in total. The van der Waals surface area contributed by atoms with Gasteiger partial charge in [0.25, 0.3) is 5.56 Å². The Balaban J connectivity index is 1.19. The summed E-state index contributed by atoms with van der Waals surface area (Å²) < 4.78 is 49.1. The average molecular weight is 781 g/mol. The molecule has 0 bridgehead atoms. The van der Waals surface area contributed by atoms with Gasteiger partial charge in [-0.3, -0.25) is 38.1 Å². The van der Waals surface area contributed by atoms with Crippen molar-refractivity contribution in [1.82, 2.24) is 24.1 Å². The quantitative estimate of drug-likeness (QED) is 0.116. The lowest BCUT2D eigenvalue weighted by molar-refractivity contribution is -0.171. The molecular formula is C34H33N6O14P. The largest absolute Gasteiger partial charge is 0.473 e. The standard InChI is InChI=1S/C34H33N6O14P/c1-5-34(22-11-24-26-20(10-19-8-6-7-9-23(19)37-26)12-39(24)29(44)21(22)13-49-31(34)45)54-55(47,48)50-14-25-27(51-17(3)42)28(52-18(4)43)30(53-25)40-15-35-32(36-16(2)41)38-33(40)46/h6-11,15,25,27-28,30H,5,12-14H2,1-4H3,(H,47,48)(H,36,38,41,46). The Morgan fingerprint density at radius 2 is 1.78 bits per heavy atom. The minimum absolute atomic E-state index is 0.00448. The number of anilines is 1. The van der Waals surface area contributed by atoms with Crippen LogP contribution in [-0.4, -0.2) is 77.7 Å². The number of amides is 1. The molecule has 21 heteroatoms. The second-order valence-corrected chi connectivity index (χ2v) is 14.3. The second-order valence-electron chi connectivity index (χ2n) is 12.9. The maximum atomic E-state index is 13.9. The number of carbonyl (C=O) groups is 4. The zero-order valence-electron chi connectivity index (χ0n) is 29.6. The first kappa shape index (κ1) is 37.6. The number of phosphoric ester groups is 1.